The van der Waals surface area contributed by atoms with Gasteiger partial charge in [0.2, 0.25) is 0 Å². The quantitative estimate of drug-likeness (QED) is 0.436. The number of ether oxygens (including phenoxy) is 1. The number of para-hydroxylation sites is 1. The number of carbonyl (C=O) groups is 2. The molecule has 0 spiro atoms. The van der Waals surface area contributed by atoms with Crippen LogP contribution in [0.25, 0.3) is 0 Å². The molecule has 2 aromatic carbocycles. The second-order valence-corrected chi connectivity index (χ2v) is 5.93. The number of urea groups is 1. The molecular weight excluding hydrogens is 334 g/mol. The van der Waals surface area contributed by atoms with Gasteiger partial charge < -0.3 is 10.1 Å². The van der Waals surface area contributed by atoms with E-state index in [4.69, 9.17) is 9.94 Å². The first-order chi connectivity index (χ1) is 12.7. The van der Waals surface area contributed by atoms with Gasteiger partial charge in [0.25, 0.3) is 5.91 Å². The molecule has 1 heterocycles. The van der Waals surface area contributed by atoms with E-state index in [9.17, 15) is 9.59 Å². The molecule has 0 aliphatic carbocycles. The summed E-state index contributed by atoms with van der Waals surface area (Å²) in [5.74, 6) is 0.00248. The summed E-state index contributed by atoms with van der Waals surface area (Å²) in [7, 11) is 0. The minimum atomic E-state index is -0.578. The van der Waals surface area contributed by atoms with E-state index < -0.39 is 5.91 Å². The van der Waals surface area contributed by atoms with Crippen LogP contribution in [0.5, 0.6) is 5.75 Å². The Morgan fingerprint density at radius 1 is 1.12 bits per heavy atom. The summed E-state index contributed by atoms with van der Waals surface area (Å²) in [6, 6.07) is 14.2. The van der Waals surface area contributed by atoms with Crippen molar-refractivity contribution in [1.82, 2.24) is 10.8 Å². The molecule has 3 rings (SSSR count). The molecule has 136 valence electrons. The summed E-state index contributed by atoms with van der Waals surface area (Å²) in [5, 5.41) is 11.4. The summed E-state index contributed by atoms with van der Waals surface area (Å²) < 4.78 is 5.55. The Hall–Kier alpha value is -3.06. The Morgan fingerprint density at radius 2 is 1.88 bits per heavy atom. The van der Waals surface area contributed by atoms with Gasteiger partial charge in [-0.25, -0.2) is 10.3 Å². The van der Waals surface area contributed by atoms with E-state index in [2.05, 4.69) is 11.4 Å². The minimum absolute atomic E-state index is 0.129. The predicted molar refractivity (Wildman–Crippen MR) is 96.7 cm³/mol. The van der Waals surface area contributed by atoms with E-state index in [0.29, 0.717) is 31.0 Å². The summed E-state index contributed by atoms with van der Waals surface area (Å²) in [6.45, 7) is 1.39. The van der Waals surface area contributed by atoms with Gasteiger partial charge in [-0.1, -0.05) is 18.2 Å². The smallest absolute Gasteiger partial charge is 0.321 e. The zero-order valence-electron chi connectivity index (χ0n) is 14.3. The second kappa shape index (κ2) is 8.35. The van der Waals surface area contributed by atoms with Crippen LogP contribution in [0.15, 0.2) is 48.5 Å². The number of hydrogen-bond donors (Lipinski definition) is 3. The Kier molecular flexibility index (Phi) is 5.70. The van der Waals surface area contributed by atoms with Gasteiger partial charge in [0.05, 0.1) is 6.54 Å². The number of aryl methyl sites for hydroxylation is 1. The molecule has 0 aromatic heterocycles. The van der Waals surface area contributed by atoms with Crippen LogP contribution in [-0.2, 0) is 6.42 Å². The number of hydrogen-bond acceptors (Lipinski definition) is 4. The number of benzene rings is 2. The monoisotopic (exact) mass is 355 g/mol. The fourth-order valence-corrected chi connectivity index (χ4v) is 2.93. The van der Waals surface area contributed by atoms with Crippen molar-refractivity contribution in [3.05, 3.63) is 59.7 Å². The van der Waals surface area contributed by atoms with Gasteiger partial charge in [-0.05, 0) is 48.7 Å². The predicted octanol–water partition coefficient (Wildman–Crippen LogP) is 2.35. The van der Waals surface area contributed by atoms with Crippen molar-refractivity contribution in [2.45, 2.75) is 12.8 Å². The molecule has 1 aliphatic rings. The average Bonchev–Trinajstić information content (AvgIpc) is 2.70. The maximum Gasteiger partial charge on any atom is 0.321 e. The zero-order chi connectivity index (χ0) is 18.4. The van der Waals surface area contributed by atoms with Crippen molar-refractivity contribution in [2.24, 2.45) is 0 Å². The lowest BCUT2D eigenvalue weighted by Crippen LogP contribution is -2.44. The van der Waals surface area contributed by atoms with Crippen molar-refractivity contribution < 1.29 is 19.5 Å². The van der Waals surface area contributed by atoms with Crippen LogP contribution < -0.4 is 20.4 Å². The number of rotatable bonds is 5. The van der Waals surface area contributed by atoms with E-state index in [0.717, 1.165) is 18.5 Å². The number of anilines is 1. The molecule has 1 aliphatic heterocycles. The van der Waals surface area contributed by atoms with E-state index in [-0.39, 0.29) is 6.03 Å². The van der Waals surface area contributed by atoms with E-state index >= 15 is 0 Å². The summed E-state index contributed by atoms with van der Waals surface area (Å²) in [4.78, 5) is 25.4. The molecule has 0 bridgehead atoms. The Morgan fingerprint density at radius 3 is 2.65 bits per heavy atom. The molecule has 0 radical (unpaired) electrons. The van der Waals surface area contributed by atoms with Crippen molar-refractivity contribution in [2.75, 3.05) is 24.6 Å². The maximum absolute atomic E-state index is 12.4. The zero-order valence-corrected chi connectivity index (χ0v) is 14.3. The number of nitrogens with zero attached hydrogens (tertiary/aromatic N) is 1. The van der Waals surface area contributed by atoms with Crippen LogP contribution in [-0.4, -0.2) is 36.8 Å². The molecule has 0 unspecified atom stereocenters. The van der Waals surface area contributed by atoms with Crippen molar-refractivity contribution in [1.29, 1.82) is 0 Å². The van der Waals surface area contributed by atoms with Gasteiger partial charge in [0, 0.05) is 17.8 Å². The van der Waals surface area contributed by atoms with Gasteiger partial charge in [-0.2, -0.15) is 0 Å². The Balaban J connectivity index is 1.47. The normalized spacial score (nSPS) is 12.9. The molecule has 7 heteroatoms. The van der Waals surface area contributed by atoms with Gasteiger partial charge in [-0.15, -0.1) is 0 Å². The average molecular weight is 355 g/mol. The van der Waals surface area contributed by atoms with Crippen LogP contribution in [0.3, 0.4) is 0 Å². The molecule has 0 atom stereocenters. The lowest BCUT2D eigenvalue weighted by molar-refractivity contribution is 0.0706. The second-order valence-electron chi connectivity index (χ2n) is 5.93. The lowest BCUT2D eigenvalue weighted by atomic mass is 10.0. The lowest BCUT2D eigenvalue weighted by Gasteiger charge is -2.29. The third-order valence-electron chi connectivity index (χ3n) is 4.22. The number of amides is 3. The van der Waals surface area contributed by atoms with Gasteiger partial charge in [0.15, 0.2) is 0 Å². The van der Waals surface area contributed by atoms with Crippen LogP contribution in [0.4, 0.5) is 10.5 Å². The molecule has 0 saturated carbocycles. The third kappa shape index (κ3) is 4.12. The van der Waals surface area contributed by atoms with E-state index in [1.54, 1.807) is 34.6 Å². The highest BCUT2D eigenvalue weighted by Gasteiger charge is 2.21. The molecule has 7 nitrogen and oxygen atoms in total. The van der Waals surface area contributed by atoms with Crippen LogP contribution in [0, 0.1) is 0 Å². The molecule has 26 heavy (non-hydrogen) atoms. The summed E-state index contributed by atoms with van der Waals surface area (Å²) >= 11 is 0. The Bertz CT molecular complexity index is 777. The maximum atomic E-state index is 12.4. The highest BCUT2D eigenvalue weighted by molar-refractivity contribution is 5.93. The summed E-state index contributed by atoms with van der Waals surface area (Å²) in [5.41, 5.74) is 4.06. The van der Waals surface area contributed by atoms with Crippen LogP contribution in [0.1, 0.15) is 22.3 Å². The molecule has 0 saturated heterocycles. The van der Waals surface area contributed by atoms with Crippen LogP contribution >= 0.6 is 0 Å². The SMILES string of the molecule is O=C(NO)c1ccc(OCCNC(=O)N2CCCc3ccccc32)cc1. The molecule has 3 N–H and O–H groups in total. The number of hydroxylamine groups is 1. The first kappa shape index (κ1) is 17.8. The van der Waals surface area contributed by atoms with Crippen molar-refractivity contribution >= 4 is 17.6 Å². The number of nitrogens with one attached hydrogen (secondary N) is 2. The van der Waals surface area contributed by atoms with Gasteiger partial charge in [0.1, 0.15) is 12.4 Å². The molecule has 2 aromatic rings. The standard InChI is InChI=1S/C19H21N3O4/c23-18(21-25)15-7-9-16(10-8-15)26-13-11-20-19(24)22-12-3-5-14-4-1-2-6-17(14)22/h1-2,4,6-10,25H,3,5,11-13H2,(H,20,24)(H,21,23). The van der Waals surface area contributed by atoms with Gasteiger partial charge in [-0.3, -0.25) is 14.9 Å². The first-order valence-electron chi connectivity index (χ1n) is 8.49. The van der Waals surface area contributed by atoms with Crippen LogP contribution in [0.2, 0.25) is 0 Å². The fraction of sp³-hybridized carbons (Fsp3) is 0.263. The molecule has 3 amide bonds. The highest BCUT2D eigenvalue weighted by Crippen LogP contribution is 2.26. The highest BCUT2D eigenvalue weighted by atomic mass is 16.5. The largest absolute Gasteiger partial charge is 0.492 e. The van der Waals surface area contributed by atoms with Gasteiger partial charge >= 0.3 is 6.03 Å². The first-order valence-corrected chi connectivity index (χ1v) is 8.49. The van der Waals surface area contributed by atoms with Crippen molar-refractivity contribution in [3.63, 3.8) is 0 Å². The van der Waals surface area contributed by atoms with Crippen molar-refractivity contribution in [3.8, 4) is 5.75 Å². The van der Waals surface area contributed by atoms with E-state index in [1.807, 2.05) is 18.2 Å². The van der Waals surface area contributed by atoms with E-state index in [1.165, 1.54) is 5.56 Å². The third-order valence-corrected chi connectivity index (χ3v) is 4.22. The molecule has 0 fully saturated rings. The topological polar surface area (TPSA) is 90.9 Å². The number of carbonyl (C=O) groups excluding carboxylic acids is 2. The number of fused-ring (bicyclic) bond motifs is 1. The minimum Gasteiger partial charge on any atom is -0.492 e. The Labute approximate surface area is 151 Å². The summed E-state index contributed by atoms with van der Waals surface area (Å²) in [6.07, 6.45) is 1.95. The molecular formula is C19H21N3O4. The fourth-order valence-electron chi connectivity index (χ4n) is 2.93.